The van der Waals surface area contributed by atoms with Crippen LogP contribution in [0.3, 0.4) is 0 Å². The lowest BCUT2D eigenvalue weighted by Crippen LogP contribution is -2.11. The van der Waals surface area contributed by atoms with Crippen LogP contribution in [-0.4, -0.2) is 12.6 Å². The zero-order valence-electron chi connectivity index (χ0n) is 24.3. The van der Waals surface area contributed by atoms with Gasteiger partial charge in [-0.1, -0.05) is 101 Å². The first-order chi connectivity index (χ1) is 19.6. The van der Waals surface area contributed by atoms with E-state index in [4.69, 9.17) is 9.47 Å². The van der Waals surface area contributed by atoms with Crippen molar-refractivity contribution < 1.29 is 14.3 Å². The summed E-state index contributed by atoms with van der Waals surface area (Å²) >= 11 is 0. The van der Waals surface area contributed by atoms with E-state index in [9.17, 15) is 4.79 Å². The van der Waals surface area contributed by atoms with Crippen LogP contribution in [0.2, 0.25) is 0 Å². The van der Waals surface area contributed by atoms with Crippen molar-refractivity contribution >= 4 is 27.5 Å². The van der Waals surface area contributed by atoms with Gasteiger partial charge in [0.25, 0.3) is 0 Å². The summed E-state index contributed by atoms with van der Waals surface area (Å²) in [7, 11) is 0. The van der Waals surface area contributed by atoms with Gasteiger partial charge in [-0.05, 0) is 81.9 Å². The molecule has 4 aromatic carbocycles. The second kappa shape index (κ2) is 15.1. The van der Waals surface area contributed by atoms with E-state index in [-0.39, 0.29) is 5.97 Å². The minimum Gasteiger partial charge on any atom is -0.489 e. The molecule has 0 aliphatic carbocycles. The maximum absolute atomic E-state index is 12.4. The van der Waals surface area contributed by atoms with Crippen molar-refractivity contribution in [1.29, 1.82) is 0 Å². The van der Waals surface area contributed by atoms with Crippen LogP contribution in [0.4, 0.5) is 0 Å². The Morgan fingerprint density at radius 2 is 1.48 bits per heavy atom. The molecule has 0 fully saturated rings. The maximum Gasteiger partial charge on any atom is 0.338 e. The number of carbonyl (C=O) groups excluding carboxylic acids is 1. The first-order valence-electron chi connectivity index (χ1n) is 14.9. The zero-order valence-corrected chi connectivity index (χ0v) is 24.3. The number of ether oxygens (including phenoxy) is 2. The molecule has 208 valence electrons. The summed E-state index contributed by atoms with van der Waals surface area (Å²) in [6.45, 7) is 7.36. The molecule has 40 heavy (non-hydrogen) atoms. The van der Waals surface area contributed by atoms with E-state index < -0.39 is 0 Å². The molecule has 0 saturated heterocycles. The molecular weight excluding hydrogens is 492 g/mol. The molecule has 0 heterocycles. The molecule has 0 amide bonds. The van der Waals surface area contributed by atoms with Crippen LogP contribution in [0.25, 0.3) is 21.5 Å². The fourth-order valence-corrected chi connectivity index (χ4v) is 4.65. The molecule has 0 aromatic heterocycles. The van der Waals surface area contributed by atoms with Crippen LogP contribution in [0, 0.1) is 17.8 Å². The molecule has 0 bridgehead atoms. The number of esters is 1. The van der Waals surface area contributed by atoms with Gasteiger partial charge in [0.1, 0.15) is 12.4 Å². The van der Waals surface area contributed by atoms with E-state index in [1.54, 1.807) is 0 Å². The molecule has 0 radical (unpaired) electrons. The minimum absolute atomic E-state index is 0.272. The normalized spacial score (nSPS) is 11.7. The SMILES string of the molecule is CCCCCCCCC#Cc1ccc2cc(COc3ccc4cc(C(=O)OCC(C)CC)ccc4c3)ccc2c1. The number of hydrogen-bond acceptors (Lipinski definition) is 3. The molecule has 1 unspecified atom stereocenters. The van der Waals surface area contributed by atoms with E-state index in [2.05, 4.69) is 69.0 Å². The Labute approximate surface area is 239 Å². The molecule has 0 saturated carbocycles. The van der Waals surface area contributed by atoms with Crippen molar-refractivity contribution in [2.75, 3.05) is 6.61 Å². The molecule has 0 spiro atoms. The second-order valence-electron chi connectivity index (χ2n) is 10.8. The molecule has 0 aliphatic rings. The monoisotopic (exact) mass is 534 g/mol. The van der Waals surface area contributed by atoms with Gasteiger partial charge in [-0.25, -0.2) is 4.79 Å². The van der Waals surface area contributed by atoms with Crippen LogP contribution < -0.4 is 4.74 Å². The van der Waals surface area contributed by atoms with Crippen molar-refractivity contribution in [3.63, 3.8) is 0 Å². The fraction of sp³-hybridized carbons (Fsp3) is 0.378. The Balaban J connectivity index is 1.31. The van der Waals surface area contributed by atoms with Crippen LogP contribution in [-0.2, 0) is 11.3 Å². The highest BCUT2D eigenvalue weighted by Crippen LogP contribution is 2.24. The third-order valence-corrected chi connectivity index (χ3v) is 7.44. The van der Waals surface area contributed by atoms with Crippen molar-refractivity contribution in [2.24, 2.45) is 5.92 Å². The largest absolute Gasteiger partial charge is 0.489 e. The molecule has 0 N–H and O–H groups in total. The summed E-state index contributed by atoms with van der Waals surface area (Å²) < 4.78 is 11.6. The van der Waals surface area contributed by atoms with E-state index >= 15 is 0 Å². The van der Waals surface area contributed by atoms with E-state index in [0.717, 1.165) is 40.5 Å². The predicted molar refractivity (Wildman–Crippen MR) is 167 cm³/mol. The summed E-state index contributed by atoms with van der Waals surface area (Å²) in [4.78, 5) is 12.4. The average molecular weight is 535 g/mol. The van der Waals surface area contributed by atoms with Gasteiger partial charge in [-0.15, -0.1) is 0 Å². The smallest absolute Gasteiger partial charge is 0.338 e. The number of unbranched alkanes of at least 4 members (excludes halogenated alkanes) is 6. The number of benzene rings is 4. The van der Waals surface area contributed by atoms with Gasteiger partial charge in [-0.2, -0.15) is 0 Å². The summed E-state index contributed by atoms with van der Waals surface area (Å²) in [5.74, 6) is 7.58. The van der Waals surface area contributed by atoms with Gasteiger partial charge in [0, 0.05) is 12.0 Å². The Morgan fingerprint density at radius 3 is 2.33 bits per heavy atom. The lowest BCUT2D eigenvalue weighted by atomic mass is 10.0. The highest BCUT2D eigenvalue weighted by Gasteiger charge is 2.10. The zero-order chi connectivity index (χ0) is 28.2. The van der Waals surface area contributed by atoms with Crippen LogP contribution in [0.1, 0.15) is 93.6 Å². The Bertz CT molecular complexity index is 1470. The van der Waals surface area contributed by atoms with Crippen LogP contribution >= 0.6 is 0 Å². The third-order valence-electron chi connectivity index (χ3n) is 7.44. The average Bonchev–Trinajstić information content (AvgIpc) is 2.99. The van der Waals surface area contributed by atoms with Crippen LogP contribution in [0.5, 0.6) is 5.75 Å². The Hall–Kier alpha value is -3.77. The lowest BCUT2D eigenvalue weighted by molar-refractivity contribution is 0.0447. The standard InChI is InChI=1S/C37H42O3/c1-4-6-7-8-9-10-11-12-13-29-14-16-32-23-30(15-17-31(32)22-29)27-39-36-21-20-33-24-35(19-18-34(33)25-36)37(38)40-26-28(3)5-2/h14-25,28H,4-11,26-27H2,1-3H3. The maximum atomic E-state index is 12.4. The highest BCUT2D eigenvalue weighted by molar-refractivity contribution is 5.95. The molecule has 0 aliphatic heterocycles. The van der Waals surface area contributed by atoms with Gasteiger partial charge in [0.2, 0.25) is 0 Å². The van der Waals surface area contributed by atoms with E-state index in [0.29, 0.717) is 24.7 Å². The number of fused-ring (bicyclic) bond motifs is 2. The lowest BCUT2D eigenvalue weighted by Gasteiger charge is -2.11. The first kappa shape index (κ1) is 29.2. The molecule has 4 rings (SSSR count). The second-order valence-corrected chi connectivity index (χ2v) is 10.8. The molecular formula is C37H42O3. The third kappa shape index (κ3) is 8.62. The van der Waals surface area contributed by atoms with Gasteiger partial charge in [0.05, 0.1) is 12.2 Å². The number of rotatable bonds is 13. The van der Waals surface area contributed by atoms with Crippen molar-refractivity contribution in [1.82, 2.24) is 0 Å². The molecule has 1 atom stereocenters. The van der Waals surface area contributed by atoms with E-state index in [1.165, 1.54) is 49.3 Å². The quantitative estimate of drug-likeness (QED) is 0.0972. The topological polar surface area (TPSA) is 35.5 Å². The highest BCUT2D eigenvalue weighted by atomic mass is 16.5. The summed E-state index contributed by atoms with van der Waals surface area (Å²) in [6.07, 6.45) is 9.76. The van der Waals surface area contributed by atoms with Crippen molar-refractivity contribution in [3.05, 3.63) is 89.5 Å². The van der Waals surface area contributed by atoms with Gasteiger partial charge in [0.15, 0.2) is 0 Å². The molecule has 3 heteroatoms. The van der Waals surface area contributed by atoms with Crippen molar-refractivity contribution in [3.8, 4) is 17.6 Å². The summed E-state index contributed by atoms with van der Waals surface area (Å²) in [5.41, 5.74) is 2.77. The van der Waals surface area contributed by atoms with Crippen LogP contribution in [0.15, 0.2) is 72.8 Å². The fourth-order valence-electron chi connectivity index (χ4n) is 4.65. The van der Waals surface area contributed by atoms with Gasteiger partial charge >= 0.3 is 5.97 Å². The first-order valence-corrected chi connectivity index (χ1v) is 14.9. The number of carbonyl (C=O) groups is 1. The van der Waals surface area contributed by atoms with Gasteiger partial charge < -0.3 is 9.47 Å². The molecule has 3 nitrogen and oxygen atoms in total. The Kier molecular flexibility index (Phi) is 11.1. The Morgan fingerprint density at radius 1 is 0.775 bits per heavy atom. The number of hydrogen-bond donors (Lipinski definition) is 0. The summed E-state index contributed by atoms with van der Waals surface area (Å²) in [5, 5.41) is 4.40. The van der Waals surface area contributed by atoms with Gasteiger partial charge in [-0.3, -0.25) is 0 Å². The molecule has 4 aromatic rings. The van der Waals surface area contributed by atoms with Crippen molar-refractivity contribution in [2.45, 2.75) is 78.7 Å². The van der Waals surface area contributed by atoms with E-state index in [1.807, 2.05) is 36.4 Å². The predicted octanol–water partition coefficient (Wildman–Crippen LogP) is 9.88. The minimum atomic E-state index is -0.272. The summed E-state index contributed by atoms with van der Waals surface area (Å²) in [6, 6.07) is 24.5.